The molecule has 0 amide bonds. The van der Waals surface area contributed by atoms with Gasteiger partial charge in [-0.3, -0.25) is 4.68 Å². The fourth-order valence-corrected chi connectivity index (χ4v) is 1.71. The normalized spacial score (nSPS) is 13.1. The molecule has 6 heteroatoms. The maximum atomic E-state index is 12.9. The van der Waals surface area contributed by atoms with Crippen LogP contribution in [0.4, 0.5) is 13.2 Å². The molecule has 18 heavy (non-hydrogen) atoms. The van der Waals surface area contributed by atoms with Crippen LogP contribution in [0.3, 0.4) is 0 Å². The molecule has 104 valence electrons. The van der Waals surface area contributed by atoms with E-state index in [1.165, 1.54) is 0 Å². The standard InChI is InChI=1S/C12H20F3N3/c1-11(2,3)18-10(12(13,14)15)8-9(17-18)6-5-7-16-4/h8,16H,5-7H2,1-4H3. The molecule has 0 aliphatic heterocycles. The van der Waals surface area contributed by atoms with Gasteiger partial charge in [0.1, 0.15) is 5.69 Å². The highest BCUT2D eigenvalue weighted by molar-refractivity contribution is 5.15. The number of alkyl halides is 3. The van der Waals surface area contributed by atoms with Gasteiger partial charge in [-0.05, 0) is 53.3 Å². The Morgan fingerprint density at radius 1 is 1.28 bits per heavy atom. The minimum absolute atomic E-state index is 0.493. The first-order valence-electron chi connectivity index (χ1n) is 5.97. The summed E-state index contributed by atoms with van der Waals surface area (Å²) in [6.07, 6.45) is -3.04. The van der Waals surface area contributed by atoms with Gasteiger partial charge in [-0.1, -0.05) is 0 Å². The largest absolute Gasteiger partial charge is 0.433 e. The van der Waals surface area contributed by atoms with Crippen LogP contribution in [0.2, 0.25) is 0 Å². The average Bonchev–Trinajstić information content (AvgIpc) is 2.61. The number of nitrogens with zero attached hydrogens (tertiary/aromatic N) is 2. The Bertz CT molecular complexity index is 357. The second-order valence-corrected chi connectivity index (χ2v) is 5.31. The first kappa shape index (κ1) is 15.0. The first-order chi connectivity index (χ1) is 8.16. The number of halogens is 3. The summed E-state index contributed by atoms with van der Waals surface area (Å²) in [5, 5.41) is 7.05. The van der Waals surface area contributed by atoms with Gasteiger partial charge in [0.2, 0.25) is 0 Å². The van der Waals surface area contributed by atoms with Gasteiger partial charge in [-0.25, -0.2) is 0 Å². The molecule has 0 atom stereocenters. The van der Waals surface area contributed by atoms with Crippen LogP contribution >= 0.6 is 0 Å². The molecule has 0 unspecified atom stereocenters. The maximum Gasteiger partial charge on any atom is 0.433 e. The number of hydrogen-bond acceptors (Lipinski definition) is 2. The zero-order valence-corrected chi connectivity index (χ0v) is 11.2. The second kappa shape index (κ2) is 5.30. The number of hydrogen-bond donors (Lipinski definition) is 1. The number of aryl methyl sites for hydroxylation is 1. The summed E-state index contributed by atoms with van der Waals surface area (Å²) >= 11 is 0. The molecule has 0 aromatic carbocycles. The fraction of sp³-hybridized carbons (Fsp3) is 0.750. The maximum absolute atomic E-state index is 12.9. The van der Waals surface area contributed by atoms with Crippen LogP contribution in [0.15, 0.2) is 6.07 Å². The van der Waals surface area contributed by atoms with E-state index >= 15 is 0 Å². The van der Waals surface area contributed by atoms with Gasteiger partial charge in [0.15, 0.2) is 0 Å². The van der Waals surface area contributed by atoms with Gasteiger partial charge in [0, 0.05) is 0 Å². The summed E-state index contributed by atoms with van der Waals surface area (Å²) in [6, 6.07) is 1.15. The van der Waals surface area contributed by atoms with E-state index in [1.807, 2.05) is 7.05 Å². The molecule has 1 rings (SSSR count). The highest BCUT2D eigenvalue weighted by Crippen LogP contribution is 2.33. The molecular weight excluding hydrogens is 243 g/mol. The van der Waals surface area contributed by atoms with Crippen LogP contribution in [0, 0.1) is 0 Å². The quantitative estimate of drug-likeness (QED) is 0.847. The van der Waals surface area contributed by atoms with Gasteiger partial charge in [-0.15, -0.1) is 0 Å². The van der Waals surface area contributed by atoms with Gasteiger partial charge < -0.3 is 5.32 Å². The summed E-state index contributed by atoms with van der Waals surface area (Å²) in [5.41, 5.74) is -0.853. The molecule has 3 nitrogen and oxygen atoms in total. The Balaban J connectivity index is 3.01. The Morgan fingerprint density at radius 2 is 1.89 bits per heavy atom. The lowest BCUT2D eigenvalue weighted by atomic mass is 10.1. The van der Waals surface area contributed by atoms with Crippen LogP contribution in [0.5, 0.6) is 0 Å². The highest BCUT2D eigenvalue weighted by atomic mass is 19.4. The molecule has 0 bridgehead atoms. The van der Waals surface area contributed by atoms with Gasteiger partial charge in [-0.2, -0.15) is 18.3 Å². The van der Waals surface area contributed by atoms with Crippen LogP contribution in [-0.4, -0.2) is 23.4 Å². The second-order valence-electron chi connectivity index (χ2n) is 5.31. The smallest absolute Gasteiger partial charge is 0.320 e. The molecule has 1 aromatic heterocycles. The predicted octanol–water partition coefficient (Wildman–Crippen LogP) is 2.81. The molecule has 1 N–H and O–H groups in total. The SMILES string of the molecule is CNCCCc1cc(C(F)(F)F)n(C(C)(C)C)n1. The molecule has 1 heterocycles. The van der Waals surface area contributed by atoms with Crippen molar-refractivity contribution in [2.75, 3.05) is 13.6 Å². The van der Waals surface area contributed by atoms with Crippen molar-refractivity contribution in [2.24, 2.45) is 0 Å². The van der Waals surface area contributed by atoms with Crippen LogP contribution in [-0.2, 0) is 18.1 Å². The van der Waals surface area contributed by atoms with Gasteiger partial charge in [0.25, 0.3) is 0 Å². The molecule has 0 fully saturated rings. The molecular formula is C12H20F3N3. The van der Waals surface area contributed by atoms with Crippen LogP contribution in [0.25, 0.3) is 0 Å². The third kappa shape index (κ3) is 3.73. The van der Waals surface area contributed by atoms with E-state index in [0.29, 0.717) is 12.1 Å². The van der Waals surface area contributed by atoms with Crippen molar-refractivity contribution in [3.05, 3.63) is 17.5 Å². The lowest BCUT2D eigenvalue weighted by molar-refractivity contribution is -0.146. The van der Waals surface area contributed by atoms with E-state index in [9.17, 15) is 13.2 Å². The van der Waals surface area contributed by atoms with Crippen molar-refractivity contribution in [3.63, 3.8) is 0 Å². The fourth-order valence-electron chi connectivity index (χ4n) is 1.71. The number of rotatable bonds is 4. The molecule has 0 saturated carbocycles. The Hall–Kier alpha value is -1.04. The lowest BCUT2D eigenvalue weighted by Crippen LogP contribution is -2.28. The third-order valence-electron chi connectivity index (χ3n) is 2.55. The molecule has 1 aromatic rings. The van der Waals surface area contributed by atoms with E-state index in [2.05, 4.69) is 10.4 Å². The van der Waals surface area contributed by atoms with E-state index in [4.69, 9.17) is 0 Å². The minimum Gasteiger partial charge on any atom is -0.320 e. The van der Waals surface area contributed by atoms with Crippen molar-refractivity contribution in [1.82, 2.24) is 15.1 Å². The highest BCUT2D eigenvalue weighted by Gasteiger charge is 2.38. The first-order valence-corrected chi connectivity index (χ1v) is 5.97. The van der Waals surface area contributed by atoms with Crippen molar-refractivity contribution in [2.45, 2.75) is 45.3 Å². The summed E-state index contributed by atoms with van der Waals surface area (Å²) in [4.78, 5) is 0. The van der Waals surface area contributed by atoms with E-state index < -0.39 is 17.4 Å². The summed E-state index contributed by atoms with van der Waals surface area (Å²) in [7, 11) is 1.81. The van der Waals surface area contributed by atoms with Gasteiger partial charge in [0.05, 0.1) is 11.2 Å². The molecule has 0 saturated heterocycles. The topological polar surface area (TPSA) is 29.9 Å². The number of nitrogens with one attached hydrogen (secondary N) is 1. The third-order valence-corrected chi connectivity index (χ3v) is 2.55. The van der Waals surface area contributed by atoms with Crippen molar-refractivity contribution >= 4 is 0 Å². The summed E-state index contributed by atoms with van der Waals surface area (Å²) in [6.45, 7) is 5.91. The van der Waals surface area contributed by atoms with Gasteiger partial charge >= 0.3 is 6.18 Å². The average molecular weight is 263 g/mol. The zero-order chi connectivity index (χ0) is 14.0. The molecule has 0 spiro atoms. The van der Waals surface area contributed by atoms with Crippen molar-refractivity contribution < 1.29 is 13.2 Å². The van der Waals surface area contributed by atoms with Crippen LogP contribution < -0.4 is 5.32 Å². The lowest BCUT2D eigenvalue weighted by Gasteiger charge is -2.23. The zero-order valence-electron chi connectivity index (χ0n) is 11.2. The summed E-state index contributed by atoms with van der Waals surface area (Å²) < 4.78 is 39.8. The summed E-state index contributed by atoms with van der Waals surface area (Å²) in [5.74, 6) is 0. The molecule has 0 radical (unpaired) electrons. The van der Waals surface area contributed by atoms with E-state index in [-0.39, 0.29) is 0 Å². The Kier molecular flexibility index (Phi) is 4.42. The Morgan fingerprint density at radius 3 is 2.28 bits per heavy atom. The number of aromatic nitrogens is 2. The van der Waals surface area contributed by atoms with E-state index in [0.717, 1.165) is 23.7 Å². The molecule has 0 aliphatic rings. The van der Waals surface area contributed by atoms with Crippen molar-refractivity contribution in [3.8, 4) is 0 Å². The predicted molar refractivity (Wildman–Crippen MR) is 64.5 cm³/mol. The minimum atomic E-state index is -4.36. The van der Waals surface area contributed by atoms with Crippen LogP contribution in [0.1, 0.15) is 38.6 Å². The van der Waals surface area contributed by atoms with Crippen molar-refractivity contribution in [1.29, 1.82) is 0 Å². The Labute approximate surface area is 105 Å². The monoisotopic (exact) mass is 263 g/mol. The molecule has 0 aliphatic carbocycles. The van der Waals surface area contributed by atoms with E-state index in [1.54, 1.807) is 20.8 Å².